The van der Waals surface area contributed by atoms with Crippen molar-refractivity contribution in [1.29, 1.82) is 0 Å². The standard InChI is InChI=1S/C20H30N4O5/c1-11(2)16(21)19(27)22-12(3)17(25)24-15(10-14-8-6-5-7-9-14)18(26)23-13(4)20(28)29/h5-9,11-13,15-16H,10,21H2,1-4H3,(H,22,27)(H,23,26)(H,24,25)(H,28,29). The monoisotopic (exact) mass is 406 g/mol. The number of carbonyl (C=O) groups is 4. The molecule has 3 amide bonds. The van der Waals surface area contributed by atoms with Gasteiger partial charge in [0.1, 0.15) is 18.1 Å². The fourth-order valence-electron chi connectivity index (χ4n) is 2.41. The van der Waals surface area contributed by atoms with Crippen LogP contribution in [0.2, 0.25) is 0 Å². The molecule has 0 fully saturated rings. The number of hydrogen-bond donors (Lipinski definition) is 5. The van der Waals surface area contributed by atoms with E-state index in [1.807, 2.05) is 6.07 Å². The number of carbonyl (C=O) groups excluding carboxylic acids is 3. The first-order valence-electron chi connectivity index (χ1n) is 9.46. The molecule has 0 aliphatic rings. The van der Waals surface area contributed by atoms with Crippen molar-refractivity contribution in [2.75, 3.05) is 0 Å². The van der Waals surface area contributed by atoms with Crippen LogP contribution in [0.15, 0.2) is 30.3 Å². The first kappa shape index (κ1) is 24.1. The minimum atomic E-state index is -1.19. The maximum atomic E-state index is 12.5. The Bertz CT molecular complexity index is 723. The number of amides is 3. The van der Waals surface area contributed by atoms with E-state index in [4.69, 9.17) is 10.8 Å². The van der Waals surface area contributed by atoms with Crippen molar-refractivity contribution in [2.45, 2.75) is 58.3 Å². The molecule has 0 saturated carbocycles. The van der Waals surface area contributed by atoms with E-state index in [0.29, 0.717) is 0 Å². The van der Waals surface area contributed by atoms with Gasteiger partial charge in [0.25, 0.3) is 0 Å². The Hall–Kier alpha value is -2.94. The van der Waals surface area contributed by atoms with E-state index >= 15 is 0 Å². The van der Waals surface area contributed by atoms with Gasteiger partial charge in [-0.15, -0.1) is 0 Å². The summed E-state index contributed by atoms with van der Waals surface area (Å²) in [5.41, 5.74) is 6.57. The van der Waals surface area contributed by atoms with Crippen molar-refractivity contribution >= 4 is 23.7 Å². The molecule has 0 saturated heterocycles. The molecule has 0 radical (unpaired) electrons. The molecule has 4 unspecified atom stereocenters. The third-order valence-electron chi connectivity index (χ3n) is 4.42. The van der Waals surface area contributed by atoms with Gasteiger partial charge in [-0.2, -0.15) is 0 Å². The van der Waals surface area contributed by atoms with Crippen LogP contribution in [-0.4, -0.2) is 53.0 Å². The average Bonchev–Trinajstić information content (AvgIpc) is 2.66. The summed E-state index contributed by atoms with van der Waals surface area (Å²) in [5, 5.41) is 16.5. The van der Waals surface area contributed by atoms with E-state index in [2.05, 4.69) is 16.0 Å². The van der Waals surface area contributed by atoms with E-state index < -0.39 is 47.9 Å². The number of rotatable bonds is 10. The zero-order valence-corrected chi connectivity index (χ0v) is 17.1. The quantitative estimate of drug-likeness (QED) is 0.363. The molecule has 0 heterocycles. The molecule has 6 N–H and O–H groups in total. The van der Waals surface area contributed by atoms with Gasteiger partial charge in [0.2, 0.25) is 17.7 Å². The summed E-state index contributed by atoms with van der Waals surface area (Å²) in [6.45, 7) is 6.40. The van der Waals surface area contributed by atoms with Crippen molar-refractivity contribution in [3.8, 4) is 0 Å². The summed E-state index contributed by atoms with van der Waals surface area (Å²) < 4.78 is 0. The minimum absolute atomic E-state index is 0.0978. The largest absolute Gasteiger partial charge is 0.480 e. The van der Waals surface area contributed by atoms with Crippen LogP contribution in [0.1, 0.15) is 33.3 Å². The predicted octanol–water partition coefficient (Wildman–Crippen LogP) is -0.209. The molecule has 1 rings (SSSR count). The van der Waals surface area contributed by atoms with Gasteiger partial charge in [-0.05, 0) is 25.3 Å². The molecule has 9 heteroatoms. The van der Waals surface area contributed by atoms with Crippen LogP contribution in [0, 0.1) is 5.92 Å². The smallest absolute Gasteiger partial charge is 0.325 e. The second-order valence-electron chi connectivity index (χ2n) is 7.32. The molecule has 160 valence electrons. The van der Waals surface area contributed by atoms with Crippen LogP contribution in [-0.2, 0) is 25.6 Å². The van der Waals surface area contributed by atoms with Crippen LogP contribution < -0.4 is 21.7 Å². The second kappa shape index (κ2) is 11.2. The van der Waals surface area contributed by atoms with Crippen molar-refractivity contribution < 1.29 is 24.3 Å². The van der Waals surface area contributed by atoms with E-state index in [9.17, 15) is 19.2 Å². The highest BCUT2D eigenvalue weighted by Gasteiger charge is 2.28. The number of aliphatic carboxylic acids is 1. The van der Waals surface area contributed by atoms with Crippen LogP contribution in [0.25, 0.3) is 0 Å². The summed E-state index contributed by atoms with van der Waals surface area (Å²) in [6.07, 6.45) is 0.164. The molecule has 29 heavy (non-hydrogen) atoms. The van der Waals surface area contributed by atoms with Crippen LogP contribution in [0.3, 0.4) is 0 Å². The molecule has 4 atom stereocenters. The molecule has 9 nitrogen and oxygen atoms in total. The van der Waals surface area contributed by atoms with E-state index in [0.717, 1.165) is 5.56 Å². The number of carboxylic acids is 1. The molecule has 0 spiro atoms. The van der Waals surface area contributed by atoms with Gasteiger partial charge >= 0.3 is 5.97 Å². The van der Waals surface area contributed by atoms with Crippen LogP contribution in [0.5, 0.6) is 0 Å². The first-order valence-corrected chi connectivity index (χ1v) is 9.46. The molecule has 0 aliphatic heterocycles. The summed E-state index contributed by atoms with van der Waals surface area (Å²) in [4.78, 5) is 48.2. The molecule has 0 aromatic heterocycles. The number of hydrogen-bond acceptors (Lipinski definition) is 5. The van der Waals surface area contributed by atoms with Crippen molar-refractivity contribution in [3.05, 3.63) is 35.9 Å². The Kier molecular flexibility index (Phi) is 9.27. The zero-order chi connectivity index (χ0) is 22.1. The maximum Gasteiger partial charge on any atom is 0.325 e. The summed E-state index contributed by atoms with van der Waals surface area (Å²) in [5.74, 6) is -2.96. The van der Waals surface area contributed by atoms with Crippen molar-refractivity contribution in [1.82, 2.24) is 16.0 Å². The number of nitrogens with one attached hydrogen (secondary N) is 3. The molecule has 1 aromatic carbocycles. The van der Waals surface area contributed by atoms with Crippen molar-refractivity contribution in [2.24, 2.45) is 11.7 Å². The summed E-state index contributed by atoms with van der Waals surface area (Å²) in [7, 11) is 0. The summed E-state index contributed by atoms with van der Waals surface area (Å²) >= 11 is 0. The lowest BCUT2D eigenvalue weighted by Crippen LogP contribution is -2.57. The Morgan fingerprint density at radius 3 is 1.93 bits per heavy atom. The van der Waals surface area contributed by atoms with Gasteiger partial charge < -0.3 is 26.8 Å². The summed E-state index contributed by atoms with van der Waals surface area (Å²) in [6, 6.07) is 5.19. The second-order valence-corrected chi connectivity index (χ2v) is 7.32. The Morgan fingerprint density at radius 2 is 1.41 bits per heavy atom. The average molecular weight is 406 g/mol. The van der Waals surface area contributed by atoms with Gasteiger partial charge in [0, 0.05) is 6.42 Å². The SMILES string of the molecule is CC(NC(=O)C(Cc1ccccc1)NC(=O)C(C)NC(=O)C(N)C(C)C)C(=O)O. The Labute approximate surface area is 170 Å². The number of benzene rings is 1. The van der Waals surface area contributed by atoms with E-state index in [1.165, 1.54) is 13.8 Å². The van der Waals surface area contributed by atoms with Crippen LogP contribution >= 0.6 is 0 Å². The third-order valence-corrected chi connectivity index (χ3v) is 4.42. The highest BCUT2D eigenvalue weighted by Crippen LogP contribution is 2.05. The van der Waals surface area contributed by atoms with E-state index in [-0.39, 0.29) is 12.3 Å². The molecule has 0 bridgehead atoms. The Balaban J connectivity index is 2.86. The lowest BCUT2D eigenvalue weighted by Gasteiger charge is -2.23. The number of carboxylic acid groups (broad SMARTS) is 1. The fourth-order valence-corrected chi connectivity index (χ4v) is 2.41. The molecule has 0 aliphatic carbocycles. The van der Waals surface area contributed by atoms with Crippen LogP contribution in [0.4, 0.5) is 0 Å². The van der Waals surface area contributed by atoms with Gasteiger partial charge in [0.05, 0.1) is 6.04 Å². The highest BCUT2D eigenvalue weighted by atomic mass is 16.4. The minimum Gasteiger partial charge on any atom is -0.480 e. The lowest BCUT2D eigenvalue weighted by molar-refractivity contribution is -0.141. The maximum absolute atomic E-state index is 12.5. The number of nitrogens with two attached hydrogens (primary N) is 1. The molecular formula is C20H30N4O5. The Morgan fingerprint density at radius 1 is 0.862 bits per heavy atom. The zero-order valence-electron chi connectivity index (χ0n) is 17.1. The van der Waals surface area contributed by atoms with E-state index in [1.54, 1.807) is 38.1 Å². The van der Waals surface area contributed by atoms with Gasteiger partial charge in [-0.3, -0.25) is 19.2 Å². The van der Waals surface area contributed by atoms with Gasteiger partial charge in [0.15, 0.2) is 0 Å². The predicted molar refractivity (Wildman–Crippen MR) is 108 cm³/mol. The normalized spacial score (nSPS) is 15.0. The molecular weight excluding hydrogens is 376 g/mol. The third kappa shape index (κ3) is 7.90. The first-order chi connectivity index (χ1) is 13.5. The molecule has 1 aromatic rings. The van der Waals surface area contributed by atoms with Gasteiger partial charge in [-0.1, -0.05) is 44.2 Å². The van der Waals surface area contributed by atoms with Gasteiger partial charge in [-0.25, -0.2) is 0 Å². The lowest BCUT2D eigenvalue weighted by atomic mass is 10.0. The van der Waals surface area contributed by atoms with Crippen molar-refractivity contribution in [3.63, 3.8) is 0 Å². The highest BCUT2D eigenvalue weighted by molar-refractivity contribution is 5.94. The fraction of sp³-hybridized carbons (Fsp3) is 0.500. The topological polar surface area (TPSA) is 151 Å².